The molecule has 30 heavy (non-hydrogen) atoms. The van der Waals surface area contributed by atoms with Crippen LogP contribution in [0.1, 0.15) is 16.1 Å². The van der Waals surface area contributed by atoms with Crippen LogP contribution >= 0.6 is 0 Å². The summed E-state index contributed by atoms with van der Waals surface area (Å²) in [6.07, 6.45) is 3.05. The molecule has 0 unspecified atom stereocenters. The van der Waals surface area contributed by atoms with Crippen molar-refractivity contribution >= 4 is 40.2 Å². The van der Waals surface area contributed by atoms with Gasteiger partial charge < -0.3 is 15.1 Å². The third-order valence-electron chi connectivity index (χ3n) is 4.36. The van der Waals surface area contributed by atoms with E-state index in [0.29, 0.717) is 11.0 Å². The summed E-state index contributed by atoms with van der Waals surface area (Å²) in [5, 5.41) is 5.90. The van der Waals surface area contributed by atoms with Crippen LogP contribution in [0.25, 0.3) is 17.0 Å². The largest absolute Gasteiger partial charge is 0.449 e. The zero-order valence-corrected chi connectivity index (χ0v) is 15.8. The lowest BCUT2D eigenvalue weighted by molar-refractivity contribution is -0.111. The standard InChI is InChI=1S/C24H17FN2O3/c25-17-9-6-10-18(15-17)26-24(29)23-22(19-11-4-5-12-20(19)30-23)27-21(28)14-13-16-7-2-1-3-8-16/h1-15H,(H,26,29)(H,27,28)/b14-13+. The van der Waals surface area contributed by atoms with Crippen LogP contribution < -0.4 is 10.6 Å². The van der Waals surface area contributed by atoms with Gasteiger partial charge in [-0.2, -0.15) is 0 Å². The molecule has 5 nitrogen and oxygen atoms in total. The number of rotatable bonds is 5. The van der Waals surface area contributed by atoms with Gasteiger partial charge in [-0.1, -0.05) is 48.5 Å². The van der Waals surface area contributed by atoms with E-state index >= 15 is 0 Å². The number of hydrogen-bond acceptors (Lipinski definition) is 3. The minimum Gasteiger partial charge on any atom is -0.449 e. The molecule has 2 amide bonds. The lowest BCUT2D eigenvalue weighted by Crippen LogP contribution is -2.15. The van der Waals surface area contributed by atoms with Crippen LogP contribution in [-0.2, 0) is 4.79 Å². The molecule has 0 atom stereocenters. The van der Waals surface area contributed by atoms with Gasteiger partial charge in [0.25, 0.3) is 5.91 Å². The highest BCUT2D eigenvalue weighted by Gasteiger charge is 2.22. The number of nitrogens with one attached hydrogen (secondary N) is 2. The molecule has 148 valence electrons. The number of carbonyl (C=O) groups is 2. The Morgan fingerprint density at radius 3 is 2.43 bits per heavy atom. The molecule has 2 N–H and O–H groups in total. The first-order chi connectivity index (χ1) is 14.6. The molecular formula is C24H17FN2O3. The summed E-state index contributed by atoms with van der Waals surface area (Å²) in [6, 6.07) is 21.9. The van der Waals surface area contributed by atoms with Crippen LogP contribution in [-0.4, -0.2) is 11.8 Å². The van der Waals surface area contributed by atoms with Gasteiger partial charge >= 0.3 is 0 Å². The third kappa shape index (κ3) is 4.28. The van der Waals surface area contributed by atoms with Crippen molar-refractivity contribution in [3.8, 4) is 0 Å². The van der Waals surface area contributed by atoms with Crippen LogP contribution in [0, 0.1) is 5.82 Å². The Bertz CT molecular complexity index is 1250. The fraction of sp³-hybridized carbons (Fsp3) is 0. The number of hydrogen-bond donors (Lipinski definition) is 2. The summed E-state index contributed by atoms with van der Waals surface area (Å²) in [4.78, 5) is 25.3. The highest BCUT2D eigenvalue weighted by molar-refractivity contribution is 6.16. The van der Waals surface area contributed by atoms with Crippen molar-refractivity contribution in [2.45, 2.75) is 0 Å². The third-order valence-corrected chi connectivity index (χ3v) is 4.36. The molecule has 0 aliphatic carbocycles. The van der Waals surface area contributed by atoms with Crippen LogP contribution in [0.5, 0.6) is 0 Å². The highest BCUT2D eigenvalue weighted by Crippen LogP contribution is 2.31. The molecule has 4 rings (SSSR count). The summed E-state index contributed by atoms with van der Waals surface area (Å²) in [6.45, 7) is 0. The van der Waals surface area contributed by atoms with E-state index in [9.17, 15) is 14.0 Å². The van der Waals surface area contributed by atoms with Crippen LogP contribution in [0.4, 0.5) is 15.8 Å². The number of halogens is 1. The number of amides is 2. The van der Waals surface area contributed by atoms with Gasteiger partial charge in [0.1, 0.15) is 17.1 Å². The molecule has 0 fully saturated rings. The zero-order chi connectivity index (χ0) is 20.9. The highest BCUT2D eigenvalue weighted by atomic mass is 19.1. The van der Waals surface area contributed by atoms with Gasteiger partial charge in [0.15, 0.2) is 0 Å². The van der Waals surface area contributed by atoms with Crippen molar-refractivity contribution in [3.63, 3.8) is 0 Å². The number of anilines is 2. The summed E-state index contributed by atoms with van der Waals surface area (Å²) in [5.74, 6) is -1.55. The summed E-state index contributed by atoms with van der Waals surface area (Å²) >= 11 is 0. The van der Waals surface area contributed by atoms with E-state index in [-0.39, 0.29) is 17.1 Å². The number of benzene rings is 3. The monoisotopic (exact) mass is 400 g/mol. The average molecular weight is 400 g/mol. The Labute approximate surface area is 171 Å². The van der Waals surface area contributed by atoms with Crippen molar-refractivity contribution < 1.29 is 18.4 Å². The van der Waals surface area contributed by atoms with Crippen molar-refractivity contribution in [2.75, 3.05) is 10.6 Å². The SMILES string of the molecule is O=C(/C=C/c1ccccc1)Nc1c(C(=O)Nc2cccc(F)c2)oc2ccccc12. The molecule has 0 bridgehead atoms. The maximum absolute atomic E-state index is 13.4. The van der Waals surface area contributed by atoms with Crippen molar-refractivity contribution in [3.05, 3.63) is 102 Å². The molecule has 6 heteroatoms. The summed E-state index contributed by atoms with van der Waals surface area (Å²) in [7, 11) is 0. The van der Waals surface area contributed by atoms with Gasteiger partial charge in [0.05, 0.1) is 0 Å². The first-order valence-corrected chi connectivity index (χ1v) is 9.23. The minimum absolute atomic E-state index is 0.0677. The molecule has 0 saturated carbocycles. The Kier molecular flexibility index (Phi) is 5.39. The lowest BCUT2D eigenvalue weighted by atomic mass is 10.2. The molecule has 0 aliphatic heterocycles. The molecule has 3 aromatic carbocycles. The van der Waals surface area contributed by atoms with Crippen LogP contribution in [0.15, 0.2) is 89.4 Å². The lowest BCUT2D eigenvalue weighted by Gasteiger charge is -2.06. The van der Waals surface area contributed by atoms with E-state index in [1.807, 2.05) is 30.3 Å². The van der Waals surface area contributed by atoms with E-state index in [1.165, 1.54) is 24.3 Å². The molecule has 0 aliphatic rings. The Hall–Kier alpha value is -4.19. The smallest absolute Gasteiger partial charge is 0.293 e. The van der Waals surface area contributed by atoms with Gasteiger partial charge in [-0.05, 0) is 42.0 Å². The molecule has 0 spiro atoms. The average Bonchev–Trinajstić information content (AvgIpc) is 3.12. The molecule has 0 radical (unpaired) electrons. The summed E-state index contributed by atoms with van der Waals surface area (Å²) < 4.78 is 19.1. The summed E-state index contributed by atoms with van der Waals surface area (Å²) in [5.41, 5.74) is 1.85. The minimum atomic E-state index is -0.598. The van der Waals surface area contributed by atoms with E-state index in [4.69, 9.17) is 4.42 Å². The van der Waals surface area contributed by atoms with Crippen molar-refractivity contribution in [2.24, 2.45) is 0 Å². The zero-order valence-electron chi connectivity index (χ0n) is 15.8. The molecule has 1 heterocycles. The maximum atomic E-state index is 13.4. The first-order valence-electron chi connectivity index (χ1n) is 9.23. The van der Waals surface area contributed by atoms with Crippen molar-refractivity contribution in [1.29, 1.82) is 0 Å². The predicted octanol–water partition coefficient (Wildman–Crippen LogP) is 5.48. The van der Waals surface area contributed by atoms with Crippen molar-refractivity contribution in [1.82, 2.24) is 0 Å². The first kappa shape index (κ1) is 19.1. The van der Waals surface area contributed by atoms with Gasteiger partial charge in [0.2, 0.25) is 11.7 Å². The fourth-order valence-corrected chi connectivity index (χ4v) is 2.98. The van der Waals surface area contributed by atoms with E-state index in [0.717, 1.165) is 5.56 Å². The number of para-hydroxylation sites is 1. The second kappa shape index (κ2) is 8.45. The maximum Gasteiger partial charge on any atom is 0.293 e. The second-order valence-electron chi connectivity index (χ2n) is 6.50. The van der Waals surface area contributed by atoms with E-state index < -0.39 is 17.6 Å². The second-order valence-corrected chi connectivity index (χ2v) is 6.50. The van der Waals surface area contributed by atoms with Gasteiger partial charge in [-0.15, -0.1) is 0 Å². The Morgan fingerprint density at radius 2 is 1.63 bits per heavy atom. The number of carbonyl (C=O) groups excluding carboxylic acids is 2. The van der Waals surface area contributed by atoms with E-state index in [1.54, 1.807) is 36.4 Å². The van der Waals surface area contributed by atoms with Crippen LogP contribution in [0.2, 0.25) is 0 Å². The number of fused-ring (bicyclic) bond motifs is 1. The molecule has 0 saturated heterocycles. The topological polar surface area (TPSA) is 71.3 Å². The molecule has 1 aromatic heterocycles. The number of furan rings is 1. The normalized spacial score (nSPS) is 11.0. The molecular weight excluding hydrogens is 383 g/mol. The van der Waals surface area contributed by atoms with Crippen LogP contribution in [0.3, 0.4) is 0 Å². The molecule has 4 aromatic rings. The quantitative estimate of drug-likeness (QED) is 0.436. The van der Waals surface area contributed by atoms with E-state index in [2.05, 4.69) is 10.6 Å². The van der Waals surface area contributed by atoms with Gasteiger partial charge in [0, 0.05) is 17.1 Å². The Morgan fingerprint density at radius 1 is 0.867 bits per heavy atom. The predicted molar refractivity (Wildman–Crippen MR) is 115 cm³/mol. The fourth-order valence-electron chi connectivity index (χ4n) is 2.98. The van der Waals surface area contributed by atoms with Gasteiger partial charge in [-0.25, -0.2) is 4.39 Å². The van der Waals surface area contributed by atoms with Gasteiger partial charge in [-0.3, -0.25) is 9.59 Å². The Balaban J connectivity index is 1.62.